The van der Waals surface area contributed by atoms with Gasteiger partial charge in [-0.15, -0.1) is 0 Å². The molecule has 0 aromatic heterocycles. The van der Waals surface area contributed by atoms with E-state index in [2.05, 4.69) is 15.4 Å². The van der Waals surface area contributed by atoms with Crippen LogP contribution >= 0.6 is 0 Å². The van der Waals surface area contributed by atoms with Crippen molar-refractivity contribution in [3.05, 3.63) is 77.9 Å². The number of sulfonamides is 1. The summed E-state index contributed by atoms with van der Waals surface area (Å²) in [5.41, 5.74) is 2.06. The molecular formula is C22H19N3O5S. The molecule has 8 nitrogen and oxygen atoms in total. The molecule has 0 fully saturated rings. The molecule has 4 rings (SSSR count). The van der Waals surface area contributed by atoms with Crippen molar-refractivity contribution in [2.24, 2.45) is 0 Å². The van der Waals surface area contributed by atoms with Crippen molar-refractivity contribution in [2.45, 2.75) is 11.3 Å². The number of hydrogen-bond acceptors (Lipinski definition) is 5. The summed E-state index contributed by atoms with van der Waals surface area (Å²) in [6.07, 6.45) is 0.125. The van der Waals surface area contributed by atoms with Gasteiger partial charge in [0.05, 0.1) is 29.7 Å². The second-order valence-corrected chi connectivity index (χ2v) is 8.56. The summed E-state index contributed by atoms with van der Waals surface area (Å²) in [6, 6.07) is 17.5. The quantitative estimate of drug-likeness (QED) is 0.548. The third-order valence-corrected chi connectivity index (χ3v) is 6.14. The van der Waals surface area contributed by atoms with Crippen LogP contribution in [-0.4, -0.2) is 27.3 Å². The second-order valence-electron chi connectivity index (χ2n) is 6.88. The number of nitrogens with one attached hydrogen (secondary N) is 3. The summed E-state index contributed by atoms with van der Waals surface area (Å²) in [6.45, 7) is 0. The SMILES string of the molecule is COc1ccc(NC(=O)c2ccccc2NS(=O)(=O)c2ccc3c(c2)CC(=O)N3)cc1. The Morgan fingerprint density at radius 1 is 1.03 bits per heavy atom. The van der Waals surface area contributed by atoms with Gasteiger partial charge in [0.1, 0.15) is 5.75 Å². The Labute approximate surface area is 179 Å². The molecule has 158 valence electrons. The summed E-state index contributed by atoms with van der Waals surface area (Å²) < 4.78 is 33.4. The molecule has 31 heavy (non-hydrogen) atoms. The molecule has 3 aromatic carbocycles. The molecule has 0 spiro atoms. The highest BCUT2D eigenvalue weighted by atomic mass is 32.2. The maximum absolute atomic E-state index is 12.9. The Morgan fingerprint density at radius 2 is 1.77 bits per heavy atom. The minimum atomic E-state index is -3.98. The van der Waals surface area contributed by atoms with Crippen LogP contribution in [0.15, 0.2) is 71.6 Å². The summed E-state index contributed by atoms with van der Waals surface area (Å²) in [7, 11) is -2.43. The number of ether oxygens (including phenoxy) is 1. The first-order valence-corrected chi connectivity index (χ1v) is 10.8. The van der Waals surface area contributed by atoms with Crippen molar-refractivity contribution in [3.8, 4) is 5.75 Å². The zero-order valence-corrected chi connectivity index (χ0v) is 17.3. The van der Waals surface area contributed by atoms with Gasteiger partial charge in [0.25, 0.3) is 15.9 Å². The van der Waals surface area contributed by atoms with Gasteiger partial charge in [-0.1, -0.05) is 12.1 Å². The van der Waals surface area contributed by atoms with E-state index in [0.29, 0.717) is 22.7 Å². The van der Waals surface area contributed by atoms with Crippen molar-refractivity contribution in [2.75, 3.05) is 22.5 Å². The topological polar surface area (TPSA) is 114 Å². The zero-order valence-electron chi connectivity index (χ0n) is 16.5. The Bertz CT molecular complexity index is 1270. The molecule has 0 saturated heterocycles. The van der Waals surface area contributed by atoms with E-state index >= 15 is 0 Å². The molecule has 9 heteroatoms. The Morgan fingerprint density at radius 3 is 2.52 bits per heavy atom. The van der Waals surface area contributed by atoms with Gasteiger partial charge in [0.2, 0.25) is 5.91 Å². The molecule has 3 aromatic rings. The standard InChI is InChI=1S/C22H19N3O5S/c1-30-16-8-6-15(7-9-16)23-22(27)18-4-2-3-5-20(18)25-31(28,29)17-10-11-19-14(12-17)13-21(26)24-19/h2-12,25H,13H2,1H3,(H,23,27)(H,24,26). The van der Waals surface area contributed by atoms with Crippen LogP contribution in [0.25, 0.3) is 0 Å². The number of carbonyl (C=O) groups excluding carboxylic acids is 2. The van der Waals surface area contributed by atoms with E-state index in [9.17, 15) is 18.0 Å². The number of amides is 2. The molecule has 0 radical (unpaired) electrons. The first-order chi connectivity index (χ1) is 14.9. The van der Waals surface area contributed by atoms with Crippen LogP contribution in [-0.2, 0) is 21.2 Å². The molecule has 0 unspecified atom stereocenters. The lowest BCUT2D eigenvalue weighted by Gasteiger charge is -2.13. The summed E-state index contributed by atoms with van der Waals surface area (Å²) in [5, 5.41) is 5.40. The highest BCUT2D eigenvalue weighted by Gasteiger charge is 2.23. The van der Waals surface area contributed by atoms with Crippen LogP contribution in [0, 0.1) is 0 Å². The van der Waals surface area contributed by atoms with E-state index in [1.807, 2.05) is 0 Å². The van der Waals surface area contributed by atoms with E-state index in [-0.39, 0.29) is 28.5 Å². The molecule has 1 aliphatic rings. The zero-order chi connectivity index (χ0) is 22.0. The van der Waals surface area contributed by atoms with Crippen LogP contribution in [0.4, 0.5) is 17.1 Å². The molecule has 2 amide bonds. The third-order valence-electron chi connectivity index (χ3n) is 4.78. The average Bonchev–Trinajstić information content (AvgIpc) is 3.13. The number of fused-ring (bicyclic) bond motifs is 1. The van der Waals surface area contributed by atoms with Gasteiger partial charge < -0.3 is 15.4 Å². The monoisotopic (exact) mass is 437 g/mol. The lowest BCUT2D eigenvalue weighted by Crippen LogP contribution is -2.18. The lowest BCUT2D eigenvalue weighted by molar-refractivity contribution is -0.115. The second kappa shape index (κ2) is 8.11. The van der Waals surface area contributed by atoms with Gasteiger partial charge in [-0.2, -0.15) is 0 Å². The Kier molecular flexibility index (Phi) is 5.35. The Hall–Kier alpha value is -3.85. The smallest absolute Gasteiger partial charge is 0.261 e. The number of anilines is 3. The van der Waals surface area contributed by atoms with Crippen LogP contribution < -0.4 is 20.1 Å². The molecule has 0 atom stereocenters. The van der Waals surface area contributed by atoms with Crippen LogP contribution in [0.3, 0.4) is 0 Å². The number of carbonyl (C=O) groups is 2. The molecule has 0 saturated carbocycles. The van der Waals surface area contributed by atoms with Crippen molar-refractivity contribution in [3.63, 3.8) is 0 Å². The van der Waals surface area contributed by atoms with Crippen LogP contribution in [0.5, 0.6) is 5.75 Å². The first kappa shape index (κ1) is 20.4. The largest absolute Gasteiger partial charge is 0.497 e. The number of hydrogen-bond donors (Lipinski definition) is 3. The van der Waals surface area contributed by atoms with Gasteiger partial charge in [-0.3, -0.25) is 14.3 Å². The Balaban J connectivity index is 1.57. The molecule has 0 bridgehead atoms. The van der Waals surface area contributed by atoms with Crippen molar-refractivity contribution < 1.29 is 22.7 Å². The van der Waals surface area contributed by atoms with Crippen molar-refractivity contribution >= 4 is 38.9 Å². The number of benzene rings is 3. The molecule has 3 N–H and O–H groups in total. The van der Waals surface area contributed by atoms with E-state index in [1.54, 1.807) is 49.6 Å². The molecule has 1 heterocycles. The minimum absolute atomic E-state index is 0.00751. The van der Waals surface area contributed by atoms with E-state index in [4.69, 9.17) is 4.74 Å². The fraction of sp³-hybridized carbons (Fsp3) is 0.0909. The molecule has 1 aliphatic heterocycles. The van der Waals surface area contributed by atoms with Crippen LogP contribution in [0.1, 0.15) is 15.9 Å². The number of rotatable bonds is 6. The number of methoxy groups -OCH3 is 1. The van der Waals surface area contributed by atoms with E-state index in [0.717, 1.165) is 0 Å². The maximum atomic E-state index is 12.9. The first-order valence-electron chi connectivity index (χ1n) is 9.36. The maximum Gasteiger partial charge on any atom is 0.261 e. The van der Waals surface area contributed by atoms with Crippen LogP contribution in [0.2, 0.25) is 0 Å². The molecule has 0 aliphatic carbocycles. The summed E-state index contributed by atoms with van der Waals surface area (Å²) >= 11 is 0. The molecular weight excluding hydrogens is 418 g/mol. The normalized spacial score (nSPS) is 12.6. The van der Waals surface area contributed by atoms with Gasteiger partial charge in [0.15, 0.2) is 0 Å². The van der Waals surface area contributed by atoms with Crippen molar-refractivity contribution in [1.29, 1.82) is 0 Å². The van der Waals surface area contributed by atoms with Crippen molar-refractivity contribution in [1.82, 2.24) is 0 Å². The highest BCUT2D eigenvalue weighted by Crippen LogP contribution is 2.28. The van der Waals surface area contributed by atoms with Gasteiger partial charge in [-0.05, 0) is 60.2 Å². The van der Waals surface area contributed by atoms with Gasteiger partial charge >= 0.3 is 0 Å². The average molecular weight is 437 g/mol. The van der Waals surface area contributed by atoms with Gasteiger partial charge in [0, 0.05) is 11.4 Å². The predicted molar refractivity (Wildman–Crippen MR) is 117 cm³/mol. The fourth-order valence-electron chi connectivity index (χ4n) is 3.22. The third kappa shape index (κ3) is 4.36. The lowest BCUT2D eigenvalue weighted by atomic mass is 10.1. The van der Waals surface area contributed by atoms with E-state index < -0.39 is 15.9 Å². The van der Waals surface area contributed by atoms with E-state index in [1.165, 1.54) is 24.3 Å². The minimum Gasteiger partial charge on any atom is -0.497 e. The predicted octanol–water partition coefficient (Wildman–Crippen LogP) is 3.24. The highest BCUT2D eigenvalue weighted by molar-refractivity contribution is 7.92. The summed E-state index contributed by atoms with van der Waals surface area (Å²) in [4.78, 5) is 24.3. The summed E-state index contributed by atoms with van der Waals surface area (Å²) in [5.74, 6) is 0.00248. The fourth-order valence-corrected chi connectivity index (χ4v) is 4.35. The van der Waals surface area contributed by atoms with Gasteiger partial charge in [-0.25, -0.2) is 8.42 Å². The number of para-hydroxylation sites is 1.